The third-order valence-corrected chi connectivity index (χ3v) is 7.51. The highest BCUT2D eigenvalue weighted by Gasteiger charge is 2.52. The zero-order chi connectivity index (χ0) is 25.4. The highest BCUT2D eigenvalue weighted by atomic mass is 35.5. The molecule has 2 atom stereocenters. The van der Waals surface area contributed by atoms with Crippen LogP contribution >= 0.6 is 23.2 Å². The summed E-state index contributed by atoms with van der Waals surface area (Å²) in [4.78, 5) is 43.0. The minimum absolute atomic E-state index is 0.125. The first-order chi connectivity index (χ1) is 17.4. The summed E-state index contributed by atoms with van der Waals surface area (Å²) >= 11 is 13.8. The Bertz CT molecular complexity index is 1470. The molecule has 2 aromatic carbocycles. The zero-order valence-electron chi connectivity index (χ0n) is 19.2. The van der Waals surface area contributed by atoms with Gasteiger partial charge >= 0.3 is 0 Å². The fourth-order valence-electron chi connectivity index (χ4n) is 4.82. The molecule has 2 heterocycles. The number of aldehydes is 2. The predicted octanol–water partition coefficient (Wildman–Crippen LogP) is 5.48. The normalized spacial score (nSPS) is 20.6. The molecular formula is C28H20Cl2N2O4. The van der Waals surface area contributed by atoms with Crippen molar-refractivity contribution in [3.63, 3.8) is 0 Å². The third-order valence-electron chi connectivity index (χ3n) is 6.61. The topological polar surface area (TPSA) is 76.6 Å². The van der Waals surface area contributed by atoms with E-state index in [1.165, 1.54) is 7.11 Å². The molecule has 0 N–H and O–H groups in total. The number of fused-ring (bicyclic) bond motifs is 1. The van der Waals surface area contributed by atoms with Crippen LogP contribution < -0.4 is 4.74 Å². The Kier molecular flexibility index (Phi) is 6.24. The highest BCUT2D eigenvalue weighted by Crippen LogP contribution is 2.49. The first-order valence-corrected chi connectivity index (χ1v) is 11.9. The van der Waals surface area contributed by atoms with E-state index in [0.29, 0.717) is 40.0 Å². The van der Waals surface area contributed by atoms with Crippen LogP contribution in [-0.4, -0.2) is 40.9 Å². The average Bonchev–Trinajstić information content (AvgIpc) is 3.24. The number of hydrogen-bond acceptors (Lipinski definition) is 5. The van der Waals surface area contributed by atoms with Gasteiger partial charge in [0.05, 0.1) is 23.7 Å². The van der Waals surface area contributed by atoms with Crippen LogP contribution in [0.3, 0.4) is 0 Å². The molecule has 1 aromatic heterocycles. The van der Waals surface area contributed by atoms with Gasteiger partial charge in [-0.15, -0.1) is 11.6 Å². The number of pyridine rings is 1. The van der Waals surface area contributed by atoms with Gasteiger partial charge < -0.3 is 9.64 Å². The Balaban J connectivity index is 1.72. The van der Waals surface area contributed by atoms with E-state index in [9.17, 15) is 14.4 Å². The highest BCUT2D eigenvalue weighted by molar-refractivity contribution is 6.34. The van der Waals surface area contributed by atoms with Crippen LogP contribution in [0.1, 0.15) is 47.9 Å². The lowest BCUT2D eigenvalue weighted by molar-refractivity contribution is 0.0592. The molecule has 0 saturated heterocycles. The molecule has 5 rings (SSSR count). The van der Waals surface area contributed by atoms with Crippen LogP contribution in [0.5, 0.6) is 5.88 Å². The van der Waals surface area contributed by atoms with Crippen LogP contribution in [0.2, 0.25) is 5.02 Å². The van der Waals surface area contributed by atoms with Gasteiger partial charge in [0.25, 0.3) is 5.91 Å². The van der Waals surface area contributed by atoms with Crippen molar-refractivity contribution in [1.29, 1.82) is 0 Å². The minimum atomic E-state index is -1.25. The molecule has 1 aliphatic heterocycles. The lowest BCUT2D eigenvalue weighted by Gasteiger charge is -2.45. The van der Waals surface area contributed by atoms with Crippen LogP contribution in [0.15, 0.2) is 72.8 Å². The molecule has 1 amide bonds. The van der Waals surface area contributed by atoms with E-state index in [1.807, 2.05) is 36.4 Å². The van der Waals surface area contributed by atoms with Crippen LogP contribution in [0.4, 0.5) is 0 Å². The fraction of sp³-hybridized carbons (Fsp3) is 0.143. The molecule has 6 nitrogen and oxygen atoms in total. The third kappa shape index (κ3) is 3.65. The van der Waals surface area contributed by atoms with Gasteiger partial charge in [-0.3, -0.25) is 14.4 Å². The van der Waals surface area contributed by atoms with Crippen LogP contribution in [0.25, 0.3) is 5.57 Å². The molecule has 2 aliphatic rings. The van der Waals surface area contributed by atoms with Crippen molar-refractivity contribution < 1.29 is 19.1 Å². The molecule has 3 aromatic rings. The van der Waals surface area contributed by atoms with E-state index in [-0.39, 0.29) is 23.9 Å². The van der Waals surface area contributed by atoms with E-state index in [0.717, 1.165) is 11.1 Å². The van der Waals surface area contributed by atoms with E-state index in [2.05, 4.69) is 4.98 Å². The second-order valence-electron chi connectivity index (χ2n) is 8.49. The van der Waals surface area contributed by atoms with Gasteiger partial charge in [0, 0.05) is 22.7 Å². The molecule has 2 unspecified atom stereocenters. The largest absolute Gasteiger partial charge is 0.480 e. The van der Waals surface area contributed by atoms with Crippen LogP contribution in [-0.2, 0) is 12.1 Å². The number of ether oxygens (including phenoxy) is 1. The Morgan fingerprint density at radius 2 is 1.89 bits per heavy atom. The molecular weight excluding hydrogens is 499 g/mol. The second kappa shape index (κ2) is 9.37. The van der Waals surface area contributed by atoms with E-state index in [4.69, 9.17) is 27.9 Å². The lowest BCUT2D eigenvalue weighted by atomic mass is 9.79. The van der Waals surface area contributed by atoms with Gasteiger partial charge in [-0.1, -0.05) is 60.2 Å². The number of carbonyl (C=O) groups excluding carboxylic acids is 3. The smallest absolute Gasteiger partial charge is 0.255 e. The molecule has 8 heteroatoms. The Labute approximate surface area is 217 Å². The van der Waals surface area contributed by atoms with E-state index >= 15 is 0 Å². The van der Waals surface area contributed by atoms with Crippen molar-refractivity contribution >= 4 is 47.3 Å². The first-order valence-electron chi connectivity index (χ1n) is 11.1. The number of carbonyl (C=O) groups is 3. The standard InChI is InChI=1S/C28H20Cl2N2O4/c1-36-26-19(16-34)10-11-24(31-26)28(32-14-18-9-8-17(15-33)13-22(18)27(32)35)12-4-6-21(25(28)30)20-5-2-3-7-23(20)29/h2-13,15-16,25H,14H2,1H3. The average molecular weight is 519 g/mol. The van der Waals surface area contributed by atoms with Crippen molar-refractivity contribution in [3.8, 4) is 5.88 Å². The molecule has 0 fully saturated rings. The molecule has 0 bridgehead atoms. The van der Waals surface area contributed by atoms with Gasteiger partial charge in [0.2, 0.25) is 5.88 Å². The van der Waals surface area contributed by atoms with E-state index in [1.54, 1.807) is 41.3 Å². The SMILES string of the molecule is COc1nc(C2(N3Cc4ccc(C=O)cc4C3=O)C=CC=C(c3ccccc3Cl)C2Cl)ccc1C=O. The second-order valence-corrected chi connectivity index (χ2v) is 9.33. The maximum absolute atomic E-state index is 13.8. The minimum Gasteiger partial charge on any atom is -0.480 e. The maximum atomic E-state index is 13.8. The van der Waals surface area contributed by atoms with Crippen molar-refractivity contribution in [3.05, 3.63) is 111 Å². The van der Waals surface area contributed by atoms with Crippen molar-refractivity contribution in [1.82, 2.24) is 9.88 Å². The Hall–Kier alpha value is -3.74. The summed E-state index contributed by atoms with van der Waals surface area (Å²) < 4.78 is 5.37. The van der Waals surface area contributed by atoms with Gasteiger partial charge in [0.1, 0.15) is 11.8 Å². The van der Waals surface area contributed by atoms with Crippen LogP contribution in [0, 0.1) is 0 Å². The number of amides is 1. The first kappa shape index (κ1) is 24.0. The number of methoxy groups -OCH3 is 1. The number of nitrogens with zero attached hydrogens (tertiary/aromatic N) is 2. The monoisotopic (exact) mass is 518 g/mol. The Morgan fingerprint density at radius 3 is 2.61 bits per heavy atom. The van der Waals surface area contributed by atoms with Gasteiger partial charge in [-0.25, -0.2) is 4.98 Å². The number of halogens is 2. The molecule has 180 valence electrons. The summed E-state index contributed by atoms with van der Waals surface area (Å²) in [6.45, 7) is 0.246. The van der Waals surface area contributed by atoms with Gasteiger partial charge in [-0.2, -0.15) is 0 Å². The van der Waals surface area contributed by atoms with Crippen molar-refractivity contribution in [2.24, 2.45) is 0 Å². The molecule has 0 radical (unpaired) electrons. The number of alkyl halides is 1. The summed E-state index contributed by atoms with van der Waals surface area (Å²) in [5, 5.41) is -0.280. The predicted molar refractivity (Wildman–Crippen MR) is 138 cm³/mol. The van der Waals surface area contributed by atoms with Crippen molar-refractivity contribution in [2.75, 3.05) is 7.11 Å². The lowest BCUT2D eigenvalue weighted by Crippen LogP contribution is -2.52. The number of hydrogen-bond donors (Lipinski definition) is 0. The number of aromatic nitrogens is 1. The quantitative estimate of drug-likeness (QED) is 0.319. The summed E-state index contributed by atoms with van der Waals surface area (Å²) in [6.07, 6.45) is 6.89. The molecule has 0 saturated carbocycles. The molecule has 0 spiro atoms. The summed E-state index contributed by atoms with van der Waals surface area (Å²) in [5.74, 6) is -0.162. The number of rotatable bonds is 6. The van der Waals surface area contributed by atoms with Crippen molar-refractivity contribution in [2.45, 2.75) is 17.5 Å². The summed E-state index contributed by atoms with van der Waals surface area (Å²) in [6, 6.07) is 15.7. The van der Waals surface area contributed by atoms with Gasteiger partial charge in [-0.05, 0) is 41.0 Å². The number of allylic oxidation sites excluding steroid dienone is 2. The molecule has 36 heavy (non-hydrogen) atoms. The summed E-state index contributed by atoms with van der Waals surface area (Å²) in [5.41, 5.74) is 2.50. The zero-order valence-corrected chi connectivity index (χ0v) is 20.7. The van der Waals surface area contributed by atoms with E-state index < -0.39 is 10.9 Å². The fourth-order valence-corrected chi connectivity index (χ4v) is 5.56. The summed E-state index contributed by atoms with van der Waals surface area (Å²) in [7, 11) is 1.42. The van der Waals surface area contributed by atoms with Gasteiger partial charge in [0.15, 0.2) is 6.29 Å². The number of benzene rings is 2. The molecule has 1 aliphatic carbocycles. The maximum Gasteiger partial charge on any atom is 0.255 e. The Morgan fingerprint density at radius 1 is 1.08 bits per heavy atom.